The first-order valence-corrected chi connectivity index (χ1v) is 13.6. The van der Waals surface area contributed by atoms with Crippen LogP contribution in [0.25, 0.3) is 10.9 Å². The van der Waals surface area contributed by atoms with E-state index in [0.717, 1.165) is 69.4 Å². The summed E-state index contributed by atoms with van der Waals surface area (Å²) in [5, 5.41) is 4.93. The first-order valence-electron chi connectivity index (χ1n) is 13.6. The maximum absolute atomic E-state index is 6.11. The molecule has 2 saturated heterocycles. The first-order chi connectivity index (χ1) is 17.6. The van der Waals surface area contributed by atoms with Gasteiger partial charge in [0.2, 0.25) is 0 Å². The van der Waals surface area contributed by atoms with Crippen LogP contribution in [0.4, 0.5) is 5.82 Å². The molecule has 1 aromatic heterocycles. The second-order valence-electron chi connectivity index (χ2n) is 10.5. The number of ether oxygens (including phenoxy) is 1. The van der Waals surface area contributed by atoms with Crippen molar-refractivity contribution in [2.75, 3.05) is 64.4 Å². The van der Waals surface area contributed by atoms with Crippen LogP contribution in [-0.2, 0) is 6.54 Å². The molecule has 36 heavy (non-hydrogen) atoms. The van der Waals surface area contributed by atoms with Crippen molar-refractivity contribution in [3.8, 4) is 5.75 Å². The zero-order valence-electron chi connectivity index (χ0n) is 22.0. The fraction of sp³-hybridized carbons (Fsp3) is 0.500. The number of fused-ring (bicyclic) bond motifs is 1. The summed E-state index contributed by atoms with van der Waals surface area (Å²) in [4.78, 5) is 12.3. The summed E-state index contributed by atoms with van der Waals surface area (Å²) in [5.41, 5.74) is 3.73. The quantitative estimate of drug-likeness (QED) is 0.454. The fourth-order valence-electron chi connectivity index (χ4n) is 5.35. The number of anilines is 1. The van der Waals surface area contributed by atoms with Gasteiger partial charge in [-0.05, 0) is 88.3 Å². The number of rotatable bonds is 9. The number of piperidine rings is 1. The third-order valence-corrected chi connectivity index (χ3v) is 7.66. The maximum Gasteiger partial charge on any atom is 0.129 e. The van der Waals surface area contributed by atoms with Gasteiger partial charge in [-0.3, -0.25) is 4.90 Å². The largest absolute Gasteiger partial charge is 0.494 e. The van der Waals surface area contributed by atoms with E-state index in [9.17, 15) is 0 Å². The molecule has 2 aliphatic heterocycles. The molecule has 0 spiro atoms. The molecule has 0 saturated carbocycles. The molecule has 5 rings (SSSR count). The van der Waals surface area contributed by atoms with E-state index in [1.807, 2.05) is 0 Å². The third kappa shape index (κ3) is 6.55. The minimum atomic E-state index is 0.626. The van der Waals surface area contributed by atoms with Crippen LogP contribution in [0.2, 0.25) is 0 Å². The molecule has 2 aromatic carbocycles. The van der Waals surface area contributed by atoms with Crippen LogP contribution in [0.5, 0.6) is 5.75 Å². The molecule has 2 aliphatic rings. The highest BCUT2D eigenvalue weighted by Crippen LogP contribution is 2.27. The van der Waals surface area contributed by atoms with E-state index in [-0.39, 0.29) is 0 Å². The molecule has 0 atom stereocenters. The van der Waals surface area contributed by atoms with Crippen LogP contribution in [-0.4, -0.2) is 80.3 Å². The van der Waals surface area contributed by atoms with Gasteiger partial charge in [-0.25, -0.2) is 4.98 Å². The van der Waals surface area contributed by atoms with Crippen molar-refractivity contribution in [1.82, 2.24) is 20.1 Å². The summed E-state index contributed by atoms with van der Waals surface area (Å²) in [7, 11) is 2.19. The molecule has 6 nitrogen and oxygen atoms in total. The van der Waals surface area contributed by atoms with E-state index in [2.05, 4.69) is 88.6 Å². The Morgan fingerprint density at radius 2 is 1.72 bits per heavy atom. The highest BCUT2D eigenvalue weighted by molar-refractivity contribution is 5.85. The molecule has 0 amide bonds. The van der Waals surface area contributed by atoms with Gasteiger partial charge in [0, 0.05) is 44.2 Å². The highest BCUT2D eigenvalue weighted by Gasteiger charge is 2.19. The average molecular weight is 488 g/mol. The van der Waals surface area contributed by atoms with Crippen molar-refractivity contribution in [2.45, 2.75) is 38.8 Å². The Balaban J connectivity index is 1.04. The molecule has 3 heterocycles. The van der Waals surface area contributed by atoms with Crippen LogP contribution in [0.1, 0.15) is 30.4 Å². The summed E-state index contributed by atoms with van der Waals surface area (Å²) >= 11 is 0. The number of benzene rings is 2. The number of nitrogens with zero attached hydrogens (tertiary/aromatic N) is 4. The van der Waals surface area contributed by atoms with Crippen molar-refractivity contribution < 1.29 is 4.74 Å². The number of hydrogen-bond acceptors (Lipinski definition) is 6. The van der Waals surface area contributed by atoms with E-state index in [1.54, 1.807) is 0 Å². The van der Waals surface area contributed by atoms with E-state index in [1.165, 1.54) is 42.4 Å². The van der Waals surface area contributed by atoms with Crippen LogP contribution in [0, 0.1) is 6.92 Å². The lowest BCUT2D eigenvalue weighted by Gasteiger charge is -2.33. The number of piperazine rings is 1. The lowest BCUT2D eigenvalue weighted by atomic mass is 10.0. The molecule has 192 valence electrons. The highest BCUT2D eigenvalue weighted by atomic mass is 16.5. The van der Waals surface area contributed by atoms with Gasteiger partial charge in [0.15, 0.2) is 0 Å². The summed E-state index contributed by atoms with van der Waals surface area (Å²) in [6.45, 7) is 11.6. The fourth-order valence-corrected chi connectivity index (χ4v) is 5.35. The molecular formula is C30H41N5O. The Hall–Kier alpha value is -2.67. The SMILES string of the molecule is Cc1cc(N2CCN(C)CC2)nc2ccc(OCCCNC3CCN(Cc4ccccc4)CC3)cc12. The van der Waals surface area contributed by atoms with E-state index in [4.69, 9.17) is 9.72 Å². The number of aromatic nitrogens is 1. The van der Waals surface area contributed by atoms with E-state index in [0.29, 0.717) is 6.04 Å². The Kier molecular flexibility index (Phi) is 8.36. The number of hydrogen-bond donors (Lipinski definition) is 1. The van der Waals surface area contributed by atoms with E-state index >= 15 is 0 Å². The summed E-state index contributed by atoms with van der Waals surface area (Å²) < 4.78 is 6.11. The molecule has 0 radical (unpaired) electrons. The number of likely N-dealkylation sites (tertiary alicyclic amines) is 1. The van der Waals surface area contributed by atoms with Gasteiger partial charge in [-0.15, -0.1) is 0 Å². The van der Waals surface area contributed by atoms with Crippen LogP contribution in [0.3, 0.4) is 0 Å². The molecule has 2 fully saturated rings. The van der Waals surface area contributed by atoms with Crippen molar-refractivity contribution >= 4 is 16.7 Å². The van der Waals surface area contributed by atoms with Crippen molar-refractivity contribution in [3.63, 3.8) is 0 Å². The number of aryl methyl sites for hydroxylation is 1. The van der Waals surface area contributed by atoms with Crippen molar-refractivity contribution in [1.29, 1.82) is 0 Å². The number of pyridine rings is 1. The van der Waals surface area contributed by atoms with Gasteiger partial charge < -0.3 is 19.9 Å². The Bertz CT molecular complexity index is 1110. The first kappa shape index (κ1) is 25.0. The maximum atomic E-state index is 6.11. The molecule has 6 heteroatoms. The van der Waals surface area contributed by atoms with Gasteiger partial charge in [0.25, 0.3) is 0 Å². The lowest BCUT2D eigenvalue weighted by molar-refractivity contribution is 0.189. The predicted molar refractivity (Wildman–Crippen MR) is 149 cm³/mol. The predicted octanol–water partition coefficient (Wildman–Crippen LogP) is 4.32. The van der Waals surface area contributed by atoms with Crippen molar-refractivity contribution in [3.05, 3.63) is 65.7 Å². The van der Waals surface area contributed by atoms with Crippen molar-refractivity contribution in [2.24, 2.45) is 0 Å². The van der Waals surface area contributed by atoms with Gasteiger partial charge in [-0.2, -0.15) is 0 Å². The Labute approximate surface area is 216 Å². The summed E-state index contributed by atoms with van der Waals surface area (Å²) in [6, 6.07) is 20.0. The van der Waals surface area contributed by atoms with Crippen LogP contribution in [0.15, 0.2) is 54.6 Å². The standard InChI is InChI=1S/C30H41N5O/c1-24-21-30(35-18-16-33(2)17-19-35)32-29-10-9-27(22-28(24)29)36-20-6-13-31-26-11-14-34(15-12-26)23-25-7-4-3-5-8-25/h3-5,7-10,21-22,26,31H,6,11-20,23H2,1-2H3. The van der Waals surface area contributed by atoms with Gasteiger partial charge in [0.1, 0.15) is 11.6 Å². The molecule has 0 aliphatic carbocycles. The average Bonchev–Trinajstić information content (AvgIpc) is 2.90. The van der Waals surface area contributed by atoms with Gasteiger partial charge in [-0.1, -0.05) is 30.3 Å². The molecule has 0 bridgehead atoms. The van der Waals surface area contributed by atoms with Gasteiger partial charge in [0.05, 0.1) is 12.1 Å². The second-order valence-corrected chi connectivity index (χ2v) is 10.5. The molecular weight excluding hydrogens is 446 g/mol. The monoisotopic (exact) mass is 487 g/mol. The lowest BCUT2D eigenvalue weighted by Crippen LogP contribution is -2.44. The molecule has 1 N–H and O–H groups in total. The number of nitrogens with one attached hydrogen (secondary N) is 1. The molecule has 3 aromatic rings. The Morgan fingerprint density at radius 1 is 0.944 bits per heavy atom. The van der Waals surface area contributed by atoms with Gasteiger partial charge >= 0.3 is 0 Å². The Morgan fingerprint density at radius 3 is 2.50 bits per heavy atom. The smallest absolute Gasteiger partial charge is 0.129 e. The van der Waals surface area contributed by atoms with Crippen LogP contribution >= 0.6 is 0 Å². The second kappa shape index (κ2) is 12.0. The normalized spacial score (nSPS) is 18.1. The zero-order chi connectivity index (χ0) is 24.7. The minimum Gasteiger partial charge on any atom is -0.494 e. The number of likely N-dealkylation sites (N-methyl/N-ethyl adjacent to an activating group) is 1. The minimum absolute atomic E-state index is 0.626. The molecule has 0 unspecified atom stereocenters. The third-order valence-electron chi connectivity index (χ3n) is 7.66. The summed E-state index contributed by atoms with van der Waals surface area (Å²) in [6.07, 6.45) is 3.46. The summed E-state index contributed by atoms with van der Waals surface area (Å²) in [5.74, 6) is 2.03. The topological polar surface area (TPSA) is 43.9 Å². The zero-order valence-corrected chi connectivity index (χ0v) is 22.0. The van der Waals surface area contributed by atoms with E-state index < -0.39 is 0 Å². The van der Waals surface area contributed by atoms with Crippen LogP contribution < -0.4 is 15.0 Å².